The van der Waals surface area contributed by atoms with Crippen molar-refractivity contribution in [3.05, 3.63) is 54.4 Å². The summed E-state index contributed by atoms with van der Waals surface area (Å²) in [6.45, 7) is 0. The molecule has 0 amide bonds. The Morgan fingerprint density at radius 1 is 1.33 bits per heavy atom. The van der Waals surface area contributed by atoms with E-state index in [2.05, 4.69) is 15.9 Å². The number of benzene rings is 1. The monoisotopic (exact) mass is 367 g/mol. The second-order valence-electron chi connectivity index (χ2n) is 3.83. The molecule has 0 bridgehead atoms. The third-order valence-corrected chi connectivity index (χ3v) is 4.82. The first-order chi connectivity index (χ1) is 8.47. The highest BCUT2D eigenvalue weighted by molar-refractivity contribution is 9.10. The highest BCUT2D eigenvalue weighted by atomic mass is 79.9. The van der Waals surface area contributed by atoms with E-state index in [9.17, 15) is 4.39 Å². The number of thiophene rings is 1. The van der Waals surface area contributed by atoms with E-state index in [0.29, 0.717) is 15.1 Å². The van der Waals surface area contributed by atoms with Gasteiger partial charge in [0, 0.05) is 16.1 Å². The fourth-order valence-corrected chi connectivity index (χ4v) is 3.66. The van der Waals surface area contributed by atoms with Crippen molar-refractivity contribution in [2.24, 2.45) is 5.73 Å². The SMILES string of the molecule is NC(Cc1cc(F)ccc1Br)c1cc(Cl)sc1Cl. The van der Waals surface area contributed by atoms with Crippen molar-refractivity contribution in [3.8, 4) is 0 Å². The predicted molar refractivity (Wildman–Crippen MR) is 79.1 cm³/mol. The lowest BCUT2D eigenvalue weighted by molar-refractivity contribution is 0.621. The van der Waals surface area contributed by atoms with Gasteiger partial charge in [0.25, 0.3) is 0 Å². The number of halogens is 4. The van der Waals surface area contributed by atoms with Crippen LogP contribution in [0.3, 0.4) is 0 Å². The minimum absolute atomic E-state index is 0.283. The Labute approximate surface area is 127 Å². The van der Waals surface area contributed by atoms with Crippen LogP contribution in [-0.4, -0.2) is 0 Å². The normalized spacial score (nSPS) is 12.7. The van der Waals surface area contributed by atoms with E-state index in [0.717, 1.165) is 15.6 Å². The number of hydrogen-bond acceptors (Lipinski definition) is 2. The van der Waals surface area contributed by atoms with Crippen LogP contribution in [0.4, 0.5) is 4.39 Å². The summed E-state index contributed by atoms with van der Waals surface area (Å²) in [4.78, 5) is 0. The summed E-state index contributed by atoms with van der Waals surface area (Å²) in [5.74, 6) is -0.283. The number of nitrogens with two attached hydrogens (primary N) is 1. The van der Waals surface area contributed by atoms with Crippen molar-refractivity contribution >= 4 is 50.5 Å². The summed E-state index contributed by atoms with van der Waals surface area (Å²) in [6, 6.07) is 5.98. The maximum absolute atomic E-state index is 13.2. The third kappa shape index (κ3) is 3.25. The van der Waals surface area contributed by atoms with Gasteiger partial charge in [-0.25, -0.2) is 4.39 Å². The summed E-state index contributed by atoms with van der Waals surface area (Å²) >= 11 is 16.6. The molecule has 1 nitrogen and oxygen atoms in total. The van der Waals surface area contributed by atoms with Crippen molar-refractivity contribution in [1.29, 1.82) is 0 Å². The lowest BCUT2D eigenvalue weighted by Crippen LogP contribution is -2.13. The molecular weight excluding hydrogens is 360 g/mol. The number of hydrogen-bond donors (Lipinski definition) is 1. The summed E-state index contributed by atoms with van der Waals surface area (Å²) < 4.78 is 15.2. The second-order valence-corrected chi connectivity index (χ2v) is 6.97. The fourth-order valence-electron chi connectivity index (χ4n) is 1.65. The first kappa shape index (κ1) is 14.3. The molecule has 0 spiro atoms. The van der Waals surface area contributed by atoms with Gasteiger partial charge in [-0.1, -0.05) is 39.1 Å². The van der Waals surface area contributed by atoms with E-state index in [1.54, 1.807) is 12.1 Å². The Kier molecular flexibility index (Phi) is 4.67. The van der Waals surface area contributed by atoms with E-state index < -0.39 is 0 Å². The van der Waals surface area contributed by atoms with Gasteiger partial charge in [-0.05, 0) is 36.2 Å². The Morgan fingerprint density at radius 2 is 2.06 bits per heavy atom. The maximum atomic E-state index is 13.2. The summed E-state index contributed by atoms with van der Waals surface area (Å²) in [7, 11) is 0. The molecule has 0 saturated carbocycles. The smallest absolute Gasteiger partial charge is 0.123 e. The van der Waals surface area contributed by atoms with Gasteiger partial charge in [-0.2, -0.15) is 0 Å². The summed E-state index contributed by atoms with van der Waals surface area (Å²) in [6.07, 6.45) is 0.491. The zero-order valence-electron chi connectivity index (χ0n) is 9.09. The zero-order chi connectivity index (χ0) is 13.3. The van der Waals surface area contributed by atoms with Crippen LogP contribution in [-0.2, 0) is 6.42 Å². The minimum Gasteiger partial charge on any atom is -0.324 e. The second kappa shape index (κ2) is 5.88. The maximum Gasteiger partial charge on any atom is 0.123 e. The van der Waals surface area contributed by atoms with Crippen LogP contribution in [0.15, 0.2) is 28.7 Å². The van der Waals surface area contributed by atoms with Gasteiger partial charge in [0.2, 0.25) is 0 Å². The van der Waals surface area contributed by atoms with Gasteiger partial charge in [0.15, 0.2) is 0 Å². The molecule has 0 aliphatic carbocycles. The van der Waals surface area contributed by atoms with Crippen LogP contribution in [0, 0.1) is 5.82 Å². The van der Waals surface area contributed by atoms with E-state index in [-0.39, 0.29) is 11.9 Å². The van der Waals surface area contributed by atoms with Crippen molar-refractivity contribution in [1.82, 2.24) is 0 Å². The Balaban J connectivity index is 2.23. The molecule has 2 aromatic rings. The molecule has 0 radical (unpaired) electrons. The predicted octanol–water partition coefficient (Wildman–Crippen LogP) is 5.20. The van der Waals surface area contributed by atoms with E-state index in [4.69, 9.17) is 28.9 Å². The van der Waals surface area contributed by atoms with Crippen molar-refractivity contribution in [2.75, 3.05) is 0 Å². The van der Waals surface area contributed by atoms with Crippen molar-refractivity contribution < 1.29 is 4.39 Å². The Hall–Kier alpha value is -0.130. The van der Waals surface area contributed by atoms with Gasteiger partial charge in [-0.3, -0.25) is 0 Å². The molecule has 1 aromatic carbocycles. The van der Waals surface area contributed by atoms with Gasteiger partial charge >= 0.3 is 0 Å². The molecular formula is C12H9BrCl2FNS. The minimum atomic E-state index is -0.306. The molecule has 6 heteroatoms. The topological polar surface area (TPSA) is 26.0 Å². The van der Waals surface area contributed by atoms with Crippen LogP contribution in [0.2, 0.25) is 8.67 Å². The molecule has 18 heavy (non-hydrogen) atoms. The molecule has 1 heterocycles. The van der Waals surface area contributed by atoms with Crippen LogP contribution < -0.4 is 5.73 Å². The van der Waals surface area contributed by atoms with E-state index in [1.807, 2.05) is 0 Å². The molecule has 0 saturated heterocycles. The van der Waals surface area contributed by atoms with Crippen LogP contribution in [0.5, 0.6) is 0 Å². The Morgan fingerprint density at radius 3 is 2.67 bits per heavy atom. The molecule has 96 valence electrons. The lowest BCUT2D eigenvalue weighted by Gasteiger charge is -2.12. The highest BCUT2D eigenvalue weighted by Crippen LogP contribution is 2.35. The van der Waals surface area contributed by atoms with E-state index in [1.165, 1.54) is 23.5 Å². The first-order valence-electron chi connectivity index (χ1n) is 5.11. The molecule has 2 N–H and O–H groups in total. The van der Waals surface area contributed by atoms with Crippen molar-refractivity contribution in [3.63, 3.8) is 0 Å². The van der Waals surface area contributed by atoms with Gasteiger partial charge in [0.1, 0.15) is 5.82 Å². The van der Waals surface area contributed by atoms with Gasteiger partial charge < -0.3 is 5.73 Å². The summed E-state index contributed by atoms with van der Waals surface area (Å²) in [5, 5.41) is 0. The van der Waals surface area contributed by atoms with Crippen LogP contribution >= 0.6 is 50.5 Å². The van der Waals surface area contributed by atoms with Gasteiger partial charge in [0.05, 0.1) is 8.67 Å². The molecule has 1 unspecified atom stereocenters. The molecule has 2 rings (SSSR count). The van der Waals surface area contributed by atoms with Crippen molar-refractivity contribution in [2.45, 2.75) is 12.5 Å². The summed E-state index contributed by atoms with van der Waals surface area (Å²) in [5.41, 5.74) is 7.68. The Bertz CT molecular complexity index is 573. The zero-order valence-corrected chi connectivity index (χ0v) is 13.0. The molecule has 1 atom stereocenters. The third-order valence-electron chi connectivity index (χ3n) is 2.53. The fraction of sp³-hybridized carbons (Fsp3) is 0.167. The average molecular weight is 369 g/mol. The van der Waals surface area contributed by atoms with Crippen LogP contribution in [0.25, 0.3) is 0 Å². The lowest BCUT2D eigenvalue weighted by atomic mass is 10.0. The van der Waals surface area contributed by atoms with Gasteiger partial charge in [-0.15, -0.1) is 11.3 Å². The first-order valence-corrected chi connectivity index (χ1v) is 7.48. The van der Waals surface area contributed by atoms with Crippen LogP contribution in [0.1, 0.15) is 17.2 Å². The standard InChI is InChI=1S/C12H9BrCl2FNS/c13-9-2-1-7(16)3-6(9)4-10(17)8-5-11(14)18-12(8)15/h1-3,5,10H,4,17H2. The quantitative estimate of drug-likeness (QED) is 0.791. The molecule has 1 aromatic heterocycles. The molecule has 0 aliphatic heterocycles. The largest absolute Gasteiger partial charge is 0.324 e. The molecule has 0 aliphatic rings. The van der Waals surface area contributed by atoms with E-state index >= 15 is 0 Å². The molecule has 0 fully saturated rings. The number of rotatable bonds is 3. The highest BCUT2D eigenvalue weighted by Gasteiger charge is 2.15. The average Bonchev–Trinajstić information content (AvgIpc) is 2.63.